The second-order valence-corrected chi connectivity index (χ2v) is 4.99. The monoisotopic (exact) mass is 235 g/mol. The van der Waals surface area contributed by atoms with Gasteiger partial charge in [0.2, 0.25) is 0 Å². The number of rotatable bonds is 2. The molecule has 4 heteroatoms. The molecule has 1 heterocycles. The zero-order valence-corrected chi connectivity index (χ0v) is 9.96. The van der Waals surface area contributed by atoms with Crippen molar-refractivity contribution in [2.45, 2.75) is 18.3 Å². The highest BCUT2D eigenvalue weighted by molar-refractivity contribution is 6.34. The third-order valence-corrected chi connectivity index (χ3v) is 3.94. The van der Waals surface area contributed by atoms with Gasteiger partial charge in [-0.05, 0) is 30.5 Å². The molecule has 1 saturated carbocycles. The lowest BCUT2D eigenvalue weighted by Crippen LogP contribution is -2.19. The standard InChI is InChI=1S/C12H14ClN3/c1-16-10-3-2-8(12(7-14)4-5-12)6-9(10)11(13)15-16/h2-3,6H,4-5,7,14H2,1H3. The van der Waals surface area contributed by atoms with Crippen LogP contribution in [0.15, 0.2) is 18.2 Å². The molecule has 1 aromatic carbocycles. The highest BCUT2D eigenvalue weighted by Crippen LogP contribution is 2.47. The molecule has 2 aromatic rings. The van der Waals surface area contributed by atoms with Gasteiger partial charge in [0.1, 0.15) is 0 Å². The van der Waals surface area contributed by atoms with Crippen LogP contribution in [-0.4, -0.2) is 16.3 Å². The van der Waals surface area contributed by atoms with E-state index in [1.54, 1.807) is 0 Å². The van der Waals surface area contributed by atoms with Crippen molar-refractivity contribution >= 4 is 22.5 Å². The first-order valence-electron chi connectivity index (χ1n) is 5.49. The molecule has 2 N–H and O–H groups in total. The Morgan fingerprint density at radius 1 is 1.50 bits per heavy atom. The Balaban J connectivity index is 2.19. The molecule has 16 heavy (non-hydrogen) atoms. The van der Waals surface area contributed by atoms with Crippen LogP contribution in [0.3, 0.4) is 0 Å². The Labute approximate surface area is 99.2 Å². The zero-order valence-electron chi connectivity index (χ0n) is 9.20. The maximum atomic E-state index is 6.10. The summed E-state index contributed by atoms with van der Waals surface area (Å²) in [4.78, 5) is 0. The van der Waals surface area contributed by atoms with E-state index >= 15 is 0 Å². The fraction of sp³-hybridized carbons (Fsp3) is 0.417. The van der Waals surface area contributed by atoms with Crippen LogP contribution < -0.4 is 5.73 Å². The summed E-state index contributed by atoms with van der Waals surface area (Å²) < 4.78 is 1.81. The van der Waals surface area contributed by atoms with Gasteiger partial charge in [-0.3, -0.25) is 4.68 Å². The molecule has 0 saturated heterocycles. The fourth-order valence-electron chi connectivity index (χ4n) is 2.31. The Kier molecular flexibility index (Phi) is 2.03. The van der Waals surface area contributed by atoms with Gasteiger partial charge in [0.15, 0.2) is 5.15 Å². The third-order valence-electron chi connectivity index (χ3n) is 3.66. The summed E-state index contributed by atoms with van der Waals surface area (Å²) in [7, 11) is 1.91. The molecular formula is C12H14ClN3. The second-order valence-electron chi connectivity index (χ2n) is 4.63. The van der Waals surface area contributed by atoms with E-state index in [1.165, 1.54) is 18.4 Å². The summed E-state index contributed by atoms with van der Waals surface area (Å²) in [5.41, 5.74) is 8.42. The fourth-order valence-corrected chi connectivity index (χ4v) is 2.58. The molecule has 0 spiro atoms. The van der Waals surface area contributed by atoms with E-state index in [0.29, 0.717) is 5.15 Å². The first-order chi connectivity index (χ1) is 7.66. The van der Waals surface area contributed by atoms with E-state index in [4.69, 9.17) is 17.3 Å². The summed E-state index contributed by atoms with van der Waals surface area (Å²) in [5.74, 6) is 0. The minimum Gasteiger partial charge on any atom is -0.330 e. The van der Waals surface area contributed by atoms with Crippen LogP contribution in [-0.2, 0) is 12.5 Å². The van der Waals surface area contributed by atoms with Crippen LogP contribution in [0.1, 0.15) is 18.4 Å². The average molecular weight is 236 g/mol. The number of hydrogen-bond acceptors (Lipinski definition) is 2. The van der Waals surface area contributed by atoms with Crippen LogP contribution in [0.2, 0.25) is 5.15 Å². The molecular weight excluding hydrogens is 222 g/mol. The van der Waals surface area contributed by atoms with Gasteiger partial charge in [-0.2, -0.15) is 5.10 Å². The summed E-state index contributed by atoms with van der Waals surface area (Å²) >= 11 is 6.10. The van der Waals surface area contributed by atoms with Crippen molar-refractivity contribution in [3.05, 3.63) is 28.9 Å². The van der Waals surface area contributed by atoms with E-state index in [2.05, 4.69) is 23.3 Å². The van der Waals surface area contributed by atoms with E-state index in [-0.39, 0.29) is 5.41 Å². The maximum absolute atomic E-state index is 6.10. The topological polar surface area (TPSA) is 43.8 Å². The lowest BCUT2D eigenvalue weighted by molar-refractivity contribution is 0.705. The number of halogens is 1. The van der Waals surface area contributed by atoms with Crippen molar-refractivity contribution in [3.63, 3.8) is 0 Å². The summed E-state index contributed by atoms with van der Waals surface area (Å²) in [6.07, 6.45) is 2.37. The minimum atomic E-state index is 0.216. The third kappa shape index (κ3) is 1.28. The van der Waals surface area contributed by atoms with E-state index in [0.717, 1.165) is 17.4 Å². The molecule has 0 radical (unpaired) electrons. The molecule has 0 bridgehead atoms. The van der Waals surface area contributed by atoms with E-state index < -0.39 is 0 Å². The zero-order chi connectivity index (χ0) is 11.3. The predicted octanol–water partition coefficient (Wildman–Crippen LogP) is 2.22. The maximum Gasteiger partial charge on any atom is 0.158 e. The SMILES string of the molecule is Cn1nc(Cl)c2cc(C3(CN)CC3)ccc21. The first kappa shape index (κ1) is 10.1. The molecule has 0 atom stereocenters. The number of aryl methyl sites for hydroxylation is 1. The van der Waals surface area contributed by atoms with Crippen molar-refractivity contribution in [2.75, 3.05) is 6.54 Å². The normalized spacial score (nSPS) is 17.9. The van der Waals surface area contributed by atoms with Gasteiger partial charge in [-0.25, -0.2) is 0 Å². The van der Waals surface area contributed by atoms with Crippen LogP contribution >= 0.6 is 11.6 Å². The minimum absolute atomic E-state index is 0.216. The largest absolute Gasteiger partial charge is 0.330 e. The van der Waals surface area contributed by atoms with Gasteiger partial charge < -0.3 is 5.73 Å². The Bertz CT molecular complexity index is 555. The average Bonchev–Trinajstić information content (AvgIpc) is 3.04. The van der Waals surface area contributed by atoms with Gasteiger partial charge >= 0.3 is 0 Å². The summed E-state index contributed by atoms with van der Waals surface area (Å²) in [6.45, 7) is 0.719. The van der Waals surface area contributed by atoms with Gasteiger partial charge in [0.05, 0.1) is 5.52 Å². The van der Waals surface area contributed by atoms with Crippen LogP contribution in [0.25, 0.3) is 10.9 Å². The van der Waals surface area contributed by atoms with Crippen molar-refractivity contribution in [3.8, 4) is 0 Å². The molecule has 0 unspecified atom stereocenters. The van der Waals surface area contributed by atoms with Gasteiger partial charge in [0, 0.05) is 24.4 Å². The molecule has 0 aliphatic heterocycles. The highest BCUT2D eigenvalue weighted by Gasteiger charge is 2.42. The van der Waals surface area contributed by atoms with Gasteiger partial charge in [-0.15, -0.1) is 0 Å². The van der Waals surface area contributed by atoms with Gasteiger partial charge in [-0.1, -0.05) is 17.7 Å². The number of benzene rings is 1. The molecule has 3 rings (SSSR count). The van der Waals surface area contributed by atoms with Crippen molar-refractivity contribution in [2.24, 2.45) is 12.8 Å². The lowest BCUT2D eigenvalue weighted by atomic mass is 9.95. The van der Waals surface area contributed by atoms with Crippen LogP contribution in [0.5, 0.6) is 0 Å². The molecule has 1 aliphatic rings. The number of aromatic nitrogens is 2. The molecule has 3 nitrogen and oxygen atoms in total. The summed E-state index contributed by atoms with van der Waals surface area (Å²) in [6, 6.07) is 6.38. The van der Waals surface area contributed by atoms with Gasteiger partial charge in [0.25, 0.3) is 0 Å². The predicted molar refractivity (Wildman–Crippen MR) is 65.7 cm³/mol. The van der Waals surface area contributed by atoms with Crippen LogP contribution in [0.4, 0.5) is 0 Å². The molecule has 1 aromatic heterocycles. The molecule has 84 valence electrons. The van der Waals surface area contributed by atoms with Crippen molar-refractivity contribution < 1.29 is 0 Å². The molecule has 0 amide bonds. The van der Waals surface area contributed by atoms with E-state index in [9.17, 15) is 0 Å². The Morgan fingerprint density at radius 3 is 2.88 bits per heavy atom. The molecule has 1 aliphatic carbocycles. The number of fused-ring (bicyclic) bond motifs is 1. The number of nitrogens with two attached hydrogens (primary N) is 1. The van der Waals surface area contributed by atoms with E-state index in [1.807, 2.05) is 11.7 Å². The smallest absolute Gasteiger partial charge is 0.158 e. The number of hydrogen-bond donors (Lipinski definition) is 1. The molecule has 1 fully saturated rings. The first-order valence-corrected chi connectivity index (χ1v) is 5.87. The second kappa shape index (κ2) is 3.22. The van der Waals surface area contributed by atoms with Crippen molar-refractivity contribution in [1.82, 2.24) is 9.78 Å². The van der Waals surface area contributed by atoms with Crippen LogP contribution in [0, 0.1) is 0 Å². The number of nitrogens with zero attached hydrogens (tertiary/aromatic N) is 2. The Morgan fingerprint density at radius 2 is 2.25 bits per heavy atom. The quantitative estimate of drug-likeness (QED) is 0.868. The highest BCUT2D eigenvalue weighted by atomic mass is 35.5. The van der Waals surface area contributed by atoms with Crippen molar-refractivity contribution in [1.29, 1.82) is 0 Å². The Hall–Kier alpha value is -1.06. The lowest BCUT2D eigenvalue weighted by Gasteiger charge is -2.12. The summed E-state index contributed by atoms with van der Waals surface area (Å²) in [5, 5.41) is 5.82.